The number of hydrogen-bond donors (Lipinski definition) is 1. The molecule has 1 heterocycles. The van der Waals surface area contributed by atoms with Crippen molar-refractivity contribution >= 4 is 22.5 Å². The smallest absolute Gasteiger partial charge is 0.302 e. The van der Waals surface area contributed by atoms with E-state index in [0.29, 0.717) is 18.0 Å². The van der Waals surface area contributed by atoms with E-state index < -0.39 is 5.91 Å². The first-order valence-corrected chi connectivity index (χ1v) is 8.04. The van der Waals surface area contributed by atoms with Gasteiger partial charge >= 0.3 is 5.91 Å². The summed E-state index contributed by atoms with van der Waals surface area (Å²) >= 11 is 0. The normalized spacial score (nSPS) is 11.3. The largest absolute Gasteiger partial charge is 0.493 e. The Labute approximate surface area is 145 Å². The van der Waals surface area contributed by atoms with E-state index in [4.69, 9.17) is 4.74 Å². The summed E-state index contributed by atoms with van der Waals surface area (Å²) in [6.45, 7) is 4.28. The van der Waals surface area contributed by atoms with E-state index in [1.54, 1.807) is 16.7 Å². The number of aromatic hydroxyl groups is 1. The number of azo groups is 1. The molecule has 128 valence electrons. The first-order valence-electron chi connectivity index (χ1n) is 8.04. The van der Waals surface area contributed by atoms with Crippen molar-refractivity contribution in [2.75, 3.05) is 6.61 Å². The lowest BCUT2D eigenvalue weighted by molar-refractivity contribution is -0.120. The van der Waals surface area contributed by atoms with Gasteiger partial charge in [0.1, 0.15) is 5.75 Å². The highest BCUT2D eigenvalue weighted by Gasteiger charge is 2.15. The summed E-state index contributed by atoms with van der Waals surface area (Å²) < 4.78 is 7.10. The van der Waals surface area contributed by atoms with Gasteiger partial charge in [0.25, 0.3) is 0 Å². The molecule has 0 fully saturated rings. The number of carbonyl (C=O) groups excluding carboxylic acids is 1. The van der Waals surface area contributed by atoms with E-state index in [9.17, 15) is 9.90 Å². The molecule has 1 amide bonds. The molecule has 0 aliphatic heterocycles. The second-order valence-corrected chi connectivity index (χ2v) is 5.63. The van der Waals surface area contributed by atoms with Crippen molar-refractivity contribution in [1.82, 2.24) is 4.57 Å². The van der Waals surface area contributed by atoms with Crippen molar-refractivity contribution in [1.29, 1.82) is 0 Å². The van der Waals surface area contributed by atoms with Crippen LogP contribution in [0.1, 0.15) is 12.5 Å². The fourth-order valence-corrected chi connectivity index (χ4v) is 2.60. The Morgan fingerprint density at radius 1 is 1.16 bits per heavy atom. The summed E-state index contributed by atoms with van der Waals surface area (Å²) in [6.07, 6.45) is 0. The molecule has 6 nitrogen and oxygen atoms in total. The van der Waals surface area contributed by atoms with Gasteiger partial charge in [0.15, 0.2) is 12.3 Å². The lowest BCUT2D eigenvalue weighted by Crippen LogP contribution is -2.07. The summed E-state index contributed by atoms with van der Waals surface area (Å²) in [7, 11) is 0. The predicted molar refractivity (Wildman–Crippen MR) is 95.5 cm³/mol. The molecule has 2 aromatic carbocycles. The highest BCUT2D eigenvalue weighted by atomic mass is 16.5. The van der Waals surface area contributed by atoms with Gasteiger partial charge in [-0.2, -0.15) is 0 Å². The zero-order chi connectivity index (χ0) is 17.8. The maximum atomic E-state index is 11.9. The van der Waals surface area contributed by atoms with Crippen molar-refractivity contribution in [3.63, 3.8) is 0 Å². The Hall–Kier alpha value is -3.15. The van der Waals surface area contributed by atoms with E-state index in [1.807, 2.05) is 50.2 Å². The topological polar surface area (TPSA) is 76.2 Å². The van der Waals surface area contributed by atoms with Crippen LogP contribution < -0.4 is 4.74 Å². The van der Waals surface area contributed by atoms with Gasteiger partial charge < -0.3 is 14.4 Å². The van der Waals surface area contributed by atoms with Gasteiger partial charge in [-0.25, -0.2) is 0 Å². The third-order valence-corrected chi connectivity index (χ3v) is 3.88. The quantitative estimate of drug-likeness (QED) is 0.703. The van der Waals surface area contributed by atoms with Crippen molar-refractivity contribution in [2.24, 2.45) is 10.2 Å². The molecule has 3 rings (SSSR count). The van der Waals surface area contributed by atoms with Crippen molar-refractivity contribution < 1.29 is 14.6 Å². The predicted octanol–water partition coefficient (Wildman–Crippen LogP) is 4.36. The minimum absolute atomic E-state index is 0.000275. The third-order valence-electron chi connectivity index (χ3n) is 3.88. The Morgan fingerprint density at radius 2 is 1.88 bits per heavy atom. The first kappa shape index (κ1) is 16.7. The number of para-hydroxylation sites is 1. The van der Waals surface area contributed by atoms with Crippen LogP contribution in [0.4, 0.5) is 5.69 Å². The Bertz CT molecular complexity index is 927. The number of ether oxygens (including phenoxy) is 1. The van der Waals surface area contributed by atoms with Crippen molar-refractivity contribution in [3.8, 4) is 11.6 Å². The molecular weight excluding hydrogens is 318 g/mol. The van der Waals surface area contributed by atoms with Crippen LogP contribution in [-0.4, -0.2) is 22.2 Å². The zero-order valence-electron chi connectivity index (χ0n) is 14.1. The average Bonchev–Trinajstić information content (AvgIpc) is 2.90. The van der Waals surface area contributed by atoms with Crippen LogP contribution in [0.15, 0.2) is 58.8 Å². The van der Waals surface area contributed by atoms with Crippen molar-refractivity contribution in [2.45, 2.75) is 20.4 Å². The monoisotopic (exact) mass is 337 g/mol. The highest BCUT2D eigenvalue weighted by Crippen LogP contribution is 2.38. The number of benzene rings is 2. The standard InChI is InChI=1S/C19H19N3O3/c1-3-22-16-7-5-4-6-15(16)18(19(22)24)21-20-17(23)12-25-14-10-8-13(2)9-11-14/h4-11,24H,3,12H2,1-2H3. The molecule has 0 spiro atoms. The molecule has 25 heavy (non-hydrogen) atoms. The van der Waals surface area contributed by atoms with E-state index >= 15 is 0 Å². The van der Waals surface area contributed by atoms with Crippen LogP contribution >= 0.6 is 0 Å². The van der Waals surface area contributed by atoms with Gasteiger partial charge in [-0.15, -0.1) is 10.2 Å². The van der Waals surface area contributed by atoms with E-state index in [0.717, 1.165) is 16.5 Å². The highest BCUT2D eigenvalue weighted by molar-refractivity contribution is 5.95. The van der Waals surface area contributed by atoms with Crippen LogP contribution in [0.5, 0.6) is 11.6 Å². The number of aromatic nitrogens is 1. The second-order valence-electron chi connectivity index (χ2n) is 5.63. The molecular formula is C19H19N3O3. The lowest BCUT2D eigenvalue weighted by atomic mass is 10.2. The van der Waals surface area contributed by atoms with E-state index in [2.05, 4.69) is 10.2 Å². The maximum absolute atomic E-state index is 11.9. The SMILES string of the molecule is CCn1c(O)c(N=NC(=O)COc2ccc(C)cc2)c2ccccc21. The van der Waals surface area contributed by atoms with Gasteiger partial charge in [0, 0.05) is 11.9 Å². The van der Waals surface area contributed by atoms with Crippen LogP contribution in [0.2, 0.25) is 0 Å². The molecule has 0 atom stereocenters. The molecule has 1 aromatic heterocycles. The van der Waals surface area contributed by atoms with Gasteiger partial charge in [0.05, 0.1) is 5.52 Å². The molecule has 0 bridgehead atoms. The third kappa shape index (κ3) is 3.52. The van der Waals surface area contributed by atoms with Gasteiger partial charge in [-0.05, 0) is 32.0 Å². The molecule has 0 unspecified atom stereocenters. The summed E-state index contributed by atoms with van der Waals surface area (Å²) in [5.41, 5.74) is 2.25. The zero-order valence-corrected chi connectivity index (χ0v) is 14.1. The number of carbonyl (C=O) groups is 1. The minimum atomic E-state index is -0.520. The first-order chi connectivity index (χ1) is 12.1. The van der Waals surface area contributed by atoms with E-state index in [1.165, 1.54) is 0 Å². The molecule has 1 N–H and O–H groups in total. The Kier molecular flexibility index (Phi) is 4.79. The number of rotatable bonds is 5. The minimum Gasteiger partial charge on any atom is -0.493 e. The molecule has 0 saturated carbocycles. The summed E-state index contributed by atoms with van der Waals surface area (Å²) in [6, 6.07) is 14.8. The molecule has 6 heteroatoms. The van der Waals surface area contributed by atoms with E-state index in [-0.39, 0.29) is 12.5 Å². The number of amides is 1. The Balaban J connectivity index is 1.75. The maximum Gasteiger partial charge on any atom is 0.302 e. The van der Waals surface area contributed by atoms with Gasteiger partial charge in [-0.1, -0.05) is 35.9 Å². The van der Waals surface area contributed by atoms with Crippen LogP contribution in [0, 0.1) is 6.92 Å². The molecule has 0 aliphatic rings. The second kappa shape index (κ2) is 7.17. The summed E-state index contributed by atoms with van der Waals surface area (Å²) in [4.78, 5) is 11.9. The molecule has 0 saturated heterocycles. The number of fused-ring (bicyclic) bond motifs is 1. The fraction of sp³-hybridized carbons (Fsp3) is 0.211. The summed E-state index contributed by atoms with van der Waals surface area (Å²) in [5.74, 6) is 0.0765. The number of nitrogens with zero attached hydrogens (tertiary/aromatic N) is 3. The van der Waals surface area contributed by atoms with Crippen LogP contribution in [0.3, 0.4) is 0 Å². The van der Waals surface area contributed by atoms with Gasteiger partial charge in [0.2, 0.25) is 5.88 Å². The molecule has 3 aromatic rings. The average molecular weight is 337 g/mol. The fourth-order valence-electron chi connectivity index (χ4n) is 2.60. The molecule has 0 aliphatic carbocycles. The van der Waals surface area contributed by atoms with Crippen LogP contribution in [0.25, 0.3) is 10.9 Å². The lowest BCUT2D eigenvalue weighted by Gasteiger charge is -2.03. The van der Waals surface area contributed by atoms with Crippen LogP contribution in [-0.2, 0) is 11.3 Å². The van der Waals surface area contributed by atoms with Gasteiger partial charge in [-0.3, -0.25) is 4.79 Å². The van der Waals surface area contributed by atoms with Crippen molar-refractivity contribution in [3.05, 3.63) is 54.1 Å². The summed E-state index contributed by atoms with van der Waals surface area (Å²) in [5, 5.41) is 18.7. The Morgan fingerprint density at radius 3 is 2.60 bits per heavy atom. The number of hydrogen-bond acceptors (Lipinski definition) is 4. The molecule has 0 radical (unpaired) electrons. The number of aryl methyl sites for hydroxylation is 2.